The summed E-state index contributed by atoms with van der Waals surface area (Å²) in [6.07, 6.45) is 0. The first-order valence-corrected chi connectivity index (χ1v) is 10.2. The minimum absolute atomic E-state index is 0.370. The third-order valence-corrected chi connectivity index (χ3v) is 7.01. The van der Waals surface area contributed by atoms with Crippen LogP contribution in [0.5, 0.6) is 0 Å². The van der Waals surface area contributed by atoms with Gasteiger partial charge in [-0.3, -0.25) is 4.98 Å². The zero-order valence-electron chi connectivity index (χ0n) is 15.2. The van der Waals surface area contributed by atoms with Crippen LogP contribution in [0.4, 0.5) is 5.69 Å². The molecule has 0 unspecified atom stereocenters. The van der Waals surface area contributed by atoms with Crippen molar-refractivity contribution in [3.8, 4) is 0 Å². The lowest BCUT2D eigenvalue weighted by Gasteiger charge is -2.35. The van der Waals surface area contributed by atoms with Crippen LogP contribution in [0.25, 0.3) is 11.1 Å². The zero-order valence-corrected chi connectivity index (χ0v) is 16.0. The molecule has 2 heterocycles. The molecule has 142 valence electrons. The van der Waals surface area contributed by atoms with Crippen molar-refractivity contribution < 1.29 is 12.8 Å². The maximum absolute atomic E-state index is 13.1. The fourth-order valence-electron chi connectivity index (χ4n) is 3.50. The highest BCUT2D eigenvalue weighted by Crippen LogP contribution is 2.28. The number of nitrogens with one attached hydrogen (secondary N) is 1. The molecule has 0 spiro atoms. The molecule has 4 rings (SSSR count). The second-order valence-corrected chi connectivity index (χ2v) is 8.73. The first-order valence-electron chi connectivity index (χ1n) is 8.80. The first-order chi connectivity index (χ1) is 12.9. The normalized spacial score (nSPS) is 16.1. The van der Waals surface area contributed by atoms with Crippen LogP contribution in [0.1, 0.15) is 11.1 Å². The van der Waals surface area contributed by atoms with Crippen molar-refractivity contribution >= 4 is 26.8 Å². The third kappa shape index (κ3) is 3.15. The Morgan fingerprint density at radius 1 is 1.04 bits per heavy atom. The van der Waals surface area contributed by atoms with Crippen molar-refractivity contribution in [2.75, 3.05) is 31.1 Å². The molecule has 8 heteroatoms. The van der Waals surface area contributed by atoms with Gasteiger partial charge in [-0.25, -0.2) is 13.2 Å². The van der Waals surface area contributed by atoms with Crippen molar-refractivity contribution in [2.24, 2.45) is 0 Å². The Labute approximate surface area is 157 Å². The highest BCUT2D eigenvalue weighted by molar-refractivity contribution is 7.89. The molecule has 7 nitrogen and oxygen atoms in total. The van der Waals surface area contributed by atoms with Crippen LogP contribution in [0.15, 0.2) is 50.5 Å². The molecule has 0 saturated carbocycles. The van der Waals surface area contributed by atoms with Crippen molar-refractivity contribution in [3.63, 3.8) is 0 Å². The Balaban J connectivity index is 1.58. The van der Waals surface area contributed by atoms with Gasteiger partial charge in [0.05, 0.1) is 16.1 Å². The molecule has 27 heavy (non-hydrogen) atoms. The Morgan fingerprint density at radius 2 is 1.78 bits per heavy atom. The average Bonchev–Trinajstić information content (AvgIpc) is 3.04. The fraction of sp³-hybridized carbons (Fsp3) is 0.316. The summed E-state index contributed by atoms with van der Waals surface area (Å²) in [5.41, 5.74) is 3.62. The molecule has 0 aliphatic carbocycles. The van der Waals surface area contributed by atoms with Crippen LogP contribution in [-0.4, -0.2) is 43.9 Å². The van der Waals surface area contributed by atoms with Crippen molar-refractivity contribution in [2.45, 2.75) is 18.7 Å². The predicted octanol–water partition coefficient (Wildman–Crippen LogP) is 2.25. The van der Waals surface area contributed by atoms with Gasteiger partial charge < -0.3 is 9.32 Å². The number of para-hydroxylation sites is 1. The number of aromatic amines is 1. The number of oxazole rings is 1. The summed E-state index contributed by atoms with van der Waals surface area (Å²) in [6.45, 7) is 5.51. The Morgan fingerprint density at radius 3 is 2.52 bits per heavy atom. The van der Waals surface area contributed by atoms with E-state index in [1.807, 2.05) is 43.0 Å². The molecular weight excluding hydrogens is 366 g/mol. The molecule has 0 radical (unpaired) electrons. The van der Waals surface area contributed by atoms with E-state index in [9.17, 15) is 13.2 Å². The summed E-state index contributed by atoms with van der Waals surface area (Å²) in [5, 5.41) is 0. The molecule has 0 atom stereocenters. The maximum atomic E-state index is 13.1. The summed E-state index contributed by atoms with van der Waals surface area (Å²) in [6, 6.07) is 11.0. The molecule has 1 saturated heterocycles. The molecule has 1 fully saturated rings. The molecule has 2 aromatic carbocycles. The van der Waals surface area contributed by atoms with Gasteiger partial charge in [0.1, 0.15) is 0 Å². The number of H-pyrrole nitrogens is 1. The molecule has 0 amide bonds. The Hall–Kier alpha value is -2.58. The van der Waals surface area contributed by atoms with Crippen LogP contribution in [0.3, 0.4) is 0 Å². The standard InChI is InChI=1S/C19H21N3O4S/c1-13-6-7-14(2)17(12-13)27(24,25)22-10-8-21(9-11-22)16-5-3-4-15-18(16)26-19(23)20-15/h3-7,12H,8-11H2,1-2H3,(H,20,23). The minimum atomic E-state index is -3.53. The number of rotatable bonds is 3. The van der Waals surface area contributed by atoms with Crippen LogP contribution in [0.2, 0.25) is 0 Å². The second kappa shape index (κ2) is 6.54. The van der Waals surface area contributed by atoms with E-state index in [0.29, 0.717) is 42.2 Å². The van der Waals surface area contributed by atoms with E-state index in [-0.39, 0.29) is 0 Å². The molecule has 1 N–H and O–H groups in total. The van der Waals surface area contributed by atoms with Crippen LogP contribution in [0, 0.1) is 13.8 Å². The van der Waals surface area contributed by atoms with Gasteiger partial charge in [0.2, 0.25) is 10.0 Å². The van der Waals surface area contributed by atoms with E-state index in [2.05, 4.69) is 4.98 Å². The number of sulfonamides is 1. The maximum Gasteiger partial charge on any atom is 0.417 e. The number of benzene rings is 2. The molecule has 1 aromatic heterocycles. The van der Waals surface area contributed by atoms with Crippen molar-refractivity contribution in [1.29, 1.82) is 0 Å². The van der Waals surface area contributed by atoms with Crippen LogP contribution < -0.4 is 10.7 Å². The fourth-order valence-corrected chi connectivity index (χ4v) is 5.23. The SMILES string of the molecule is Cc1ccc(C)c(S(=O)(=O)N2CCN(c3cccc4[nH]c(=O)oc34)CC2)c1. The van der Waals surface area contributed by atoms with Gasteiger partial charge in [0.25, 0.3) is 0 Å². The highest BCUT2D eigenvalue weighted by atomic mass is 32.2. The number of anilines is 1. The van der Waals surface area contributed by atoms with Crippen LogP contribution >= 0.6 is 0 Å². The number of fused-ring (bicyclic) bond motifs is 1. The molecule has 0 bridgehead atoms. The summed E-state index contributed by atoms with van der Waals surface area (Å²) in [4.78, 5) is 16.6. The van der Waals surface area contributed by atoms with Gasteiger partial charge in [0, 0.05) is 26.2 Å². The number of piperazine rings is 1. The van der Waals surface area contributed by atoms with E-state index in [1.54, 1.807) is 12.1 Å². The van der Waals surface area contributed by atoms with Crippen LogP contribution in [-0.2, 0) is 10.0 Å². The number of aryl methyl sites for hydroxylation is 2. The lowest BCUT2D eigenvalue weighted by Crippen LogP contribution is -2.48. The van der Waals surface area contributed by atoms with Gasteiger partial charge in [0.15, 0.2) is 5.58 Å². The van der Waals surface area contributed by atoms with Crippen molar-refractivity contribution in [3.05, 3.63) is 58.1 Å². The second-order valence-electron chi connectivity index (χ2n) is 6.83. The minimum Gasteiger partial charge on any atom is -0.406 e. The monoisotopic (exact) mass is 387 g/mol. The van der Waals surface area contributed by atoms with E-state index in [4.69, 9.17) is 4.42 Å². The average molecular weight is 387 g/mol. The van der Waals surface area contributed by atoms with Gasteiger partial charge in [-0.15, -0.1) is 0 Å². The predicted molar refractivity (Wildman–Crippen MR) is 104 cm³/mol. The first kappa shape index (κ1) is 17.8. The highest BCUT2D eigenvalue weighted by Gasteiger charge is 2.30. The quantitative estimate of drug-likeness (QED) is 0.745. The summed E-state index contributed by atoms with van der Waals surface area (Å²) >= 11 is 0. The summed E-state index contributed by atoms with van der Waals surface area (Å²) < 4.78 is 32.9. The molecule has 1 aliphatic heterocycles. The van der Waals surface area contributed by atoms with Gasteiger partial charge in [-0.1, -0.05) is 18.2 Å². The molecule has 3 aromatic rings. The van der Waals surface area contributed by atoms with E-state index >= 15 is 0 Å². The third-order valence-electron chi connectivity index (χ3n) is 4.97. The topological polar surface area (TPSA) is 86.6 Å². The molecular formula is C19H21N3O4S. The molecule has 1 aliphatic rings. The van der Waals surface area contributed by atoms with Gasteiger partial charge in [-0.05, 0) is 43.2 Å². The van der Waals surface area contributed by atoms with Gasteiger partial charge in [-0.2, -0.15) is 4.31 Å². The number of aromatic nitrogens is 1. The smallest absolute Gasteiger partial charge is 0.406 e. The number of hydrogen-bond acceptors (Lipinski definition) is 5. The van der Waals surface area contributed by atoms with Gasteiger partial charge >= 0.3 is 5.76 Å². The van der Waals surface area contributed by atoms with E-state index in [0.717, 1.165) is 16.8 Å². The Kier molecular flexibility index (Phi) is 4.32. The van der Waals surface area contributed by atoms with E-state index in [1.165, 1.54) is 4.31 Å². The Bertz CT molecular complexity index is 1160. The lowest BCUT2D eigenvalue weighted by molar-refractivity contribution is 0.384. The number of hydrogen-bond donors (Lipinski definition) is 1. The summed E-state index contributed by atoms with van der Waals surface area (Å²) in [5.74, 6) is -0.492. The zero-order chi connectivity index (χ0) is 19.2. The van der Waals surface area contributed by atoms with E-state index < -0.39 is 15.8 Å². The number of nitrogens with zero attached hydrogens (tertiary/aromatic N) is 2. The summed E-state index contributed by atoms with van der Waals surface area (Å²) in [7, 11) is -3.53. The van der Waals surface area contributed by atoms with Crippen molar-refractivity contribution in [1.82, 2.24) is 9.29 Å². The largest absolute Gasteiger partial charge is 0.417 e. The lowest BCUT2D eigenvalue weighted by atomic mass is 10.2.